The number of ether oxygens (including phenoxy) is 1. The van der Waals surface area contributed by atoms with Crippen LogP contribution < -0.4 is 10.6 Å². The van der Waals surface area contributed by atoms with Gasteiger partial charge < -0.3 is 15.4 Å². The number of anilines is 1. The number of hydrogen-bond acceptors (Lipinski definition) is 4. The van der Waals surface area contributed by atoms with E-state index in [2.05, 4.69) is 25.8 Å². The summed E-state index contributed by atoms with van der Waals surface area (Å²) in [5, 5.41) is 0. The van der Waals surface area contributed by atoms with Crippen molar-refractivity contribution >= 4 is 39.0 Å². The molecular formula is C11H16BrN3OS. The van der Waals surface area contributed by atoms with Gasteiger partial charge in [-0.05, 0) is 28.1 Å². The number of nitrogens with two attached hydrogens (primary N) is 1. The maximum atomic E-state index is 5.52. The van der Waals surface area contributed by atoms with E-state index >= 15 is 0 Å². The van der Waals surface area contributed by atoms with Crippen LogP contribution in [0.25, 0.3) is 0 Å². The molecule has 0 amide bonds. The van der Waals surface area contributed by atoms with Crippen LogP contribution in [-0.2, 0) is 4.74 Å². The Kier molecular flexibility index (Phi) is 6.39. The number of halogens is 1. The smallest absolute Gasteiger partial charge is 0.128 e. The summed E-state index contributed by atoms with van der Waals surface area (Å²) >= 11 is 8.25. The molecule has 0 fully saturated rings. The molecule has 6 heteroatoms. The first-order valence-electron chi connectivity index (χ1n) is 5.27. The van der Waals surface area contributed by atoms with E-state index < -0.39 is 0 Å². The topological polar surface area (TPSA) is 51.4 Å². The highest BCUT2D eigenvalue weighted by atomic mass is 79.9. The predicted molar refractivity (Wildman–Crippen MR) is 77.4 cm³/mol. The van der Waals surface area contributed by atoms with Crippen molar-refractivity contribution in [1.29, 1.82) is 0 Å². The summed E-state index contributed by atoms with van der Waals surface area (Å²) in [6.45, 7) is 2.18. The van der Waals surface area contributed by atoms with Gasteiger partial charge in [-0.25, -0.2) is 4.98 Å². The van der Waals surface area contributed by atoms with Crippen LogP contribution in [0.4, 0.5) is 5.82 Å². The van der Waals surface area contributed by atoms with Crippen LogP contribution in [0.2, 0.25) is 0 Å². The third-order valence-corrected chi connectivity index (χ3v) is 2.90. The first kappa shape index (κ1) is 14.3. The predicted octanol–water partition coefficient (Wildman–Crippen LogP) is 1.97. The first-order valence-corrected chi connectivity index (χ1v) is 6.47. The third kappa shape index (κ3) is 5.43. The molecule has 0 saturated heterocycles. The van der Waals surface area contributed by atoms with Gasteiger partial charge in [0.1, 0.15) is 5.82 Å². The van der Waals surface area contributed by atoms with E-state index in [1.807, 2.05) is 12.1 Å². The van der Waals surface area contributed by atoms with Crippen molar-refractivity contribution in [3.05, 3.63) is 22.8 Å². The van der Waals surface area contributed by atoms with E-state index in [9.17, 15) is 0 Å². The Morgan fingerprint density at radius 3 is 2.82 bits per heavy atom. The van der Waals surface area contributed by atoms with E-state index in [1.165, 1.54) is 0 Å². The number of aromatic nitrogens is 1. The molecule has 0 aliphatic carbocycles. The summed E-state index contributed by atoms with van der Waals surface area (Å²) in [4.78, 5) is 6.97. The van der Waals surface area contributed by atoms with E-state index in [4.69, 9.17) is 22.7 Å². The van der Waals surface area contributed by atoms with E-state index in [1.54, 1.807) is 13.3 Å². The third-order valence-electron chi connectivity index (χ3n) is 2.23. The van der Waals surface area contributed by atoms with Gasteiger partial charge in [-0.3, -0.25) is 0 Å². The Morgan fingerprint density at radius 2 is 2.29 bits per heavy atom. The molecule has 0 radical (unpaired) electrons. The molecule has 0 atom stereocenters. The maximum Gasteiger partial charge on any atom is 0.128 e. The lowest BCUT2D eigenvalue weighted by Gasteiger charge is -2.23. The fraction of sp³-hybridized carbons (Fsp3) is 0.455. The summed E-state index contributed by atoms with van der Waals surface area (Å²) in [6, 6.07) is 3.92. The Hall–Kier alpha value is -0.720. The van der Waals surface area contributed by atoms with Gasteiger partial charge >= 0.3 is 0 Å². The second-order valence-electron chi connectivity index (χ2n) is 3.53. The highest BCUT2D eigenvalue weighted by molar-refractivity contribution is 9.10. The molecule has 0 spiro atoms. The summed E-state index contributed by atoms with van der Waals surface area (Å²) in [5.74, 6) is 0.904. The van der Waals surface area contributed by atoms with Crippen molar-refractivity contribution in [3.63, 3.8) is 0 Å². The molecule has 1 rings (SSSR count). The largest absolute Gasteiger partial charge is 0.393 e. The highest BCUT2D eigenvalue weighted by Gasteiger charge is 2.07. The summed E-state index contributed by atoms with van der Waals surface area (Å²) in [7, 11) is 1.68. The Bertz CT molecular complexity index is 358. The minimum absolute atomic E-state index is 0.518. The van der Waals surface area contributed by atoms with Crippen molar-refractivity contribution in [2.75, 3.05) is 31.7 Å². The molecular weight excluding hydrogens is 302 g/mol. The van der Waals surface area contributed by atoms with Crippen molar-refractivity contribution in [2.24, 2.45) is 5.73 Å². The Balaban J connectivity index is 2.67. The molecule has 2 N–H and O–H groups in total. The van der Waals surface area contributed by atoms with E-state index in [0.717, 1.165) is 23.4 Å². The number of nitrogens with zero attached hydrogens (tertiary/aromatic N) is 2. The zero-order chi connectivity index (χ0) is 12.7. The van der Waals surface area contributed by atoms with Gasteiger partial charge in [0.15, 0.2) is 0 Å². The Morgan fingerprint density at radius 1 is 1.53 bits per heavy atom. The average Bonchev–Trinajstić information content (AvgIpc) is 2.30. The SMILES string of the molecule is COCCN(CCC(N)=S)c1ccc(Br)cn1. The lowest BCUT2D eigenvalue weighted by molar-refractivity contribution is 0.205. The zero-order valence-corrected chi connectivity index (χ0v) is 12.1. The molecule has 0 unspecified atom stereocenters. The standard InChI is InChI=1S/C11H16BrN3OS/c1-16-7-6-15(5-4-10(13)17)11-3-2-9(12)8-14-11/h2-3,8H,4-7H2,1H3,(H2,13,17). The van der Waals surface area contributed by atoms with Crippen molar-refractivity contribution < 1.29 is 4.74 Å². The quantitative estimate of drug-likeness (QED) is 0.779. The molecule has 1 aromatic heterocycles. The molecule has 0 aliphatic rings. The van der Waals surface area contributed by atoms with E-state index in [0.29, 0.717) is 18.0 Å². The number of rotatable bonds is 7. The van der Waals surface area contributed by atoms with Crippen molar-refractivity contribution in [1.82, 2.24) is 4.98 Å². The van der Waals surface area contributed by atoms with Gasteiger partial charge in [0.05, 0.1) is 11.6 Å². The number of thiocarbonyl (C=S) groups is 1. The van der Waals surface area contributed by atoms with Crippen LogP contribution in [-0.4, -0.2) is 36.8 Å². The summed E-state index contributed by atoms with van der Waals surface area (Å²) < 4.78 is 6.04. The van der Waals surface area contributed by atoms with Crippen LogP contribution >= 0.6 is 28.1 Å². The van der Waals surface area contributed by atoms with Crippen molar-refractivity contribution in [3.8, 4) is 0 Å². The molecule has 17 heavy (non-hydrogen) atoms. The molecule has 0 aromatic carbocycles. The van der Waals surface area contributed by atoms with Crippen LogP contribution in [0, 0.1) is 0 Å². The molecule has 94 valence electrons. The minimum atomic E-state index is 0.518. The number of pyridine rings is 1. The number of hydrogen-bond donors (Lipinski definition) is 1. The fourth-order valence-corrected chi connectivity index (χ4v) is 1.67. The summed E-state index contributed by atoms with van der Waals surface area (Å²) in [6.07, 6.45) is 2.45. The monoisotopic (exact) mass is 317 g/mol. The lowest BCUT2D eigenvalue weighted by atomic mass is 10.3. The van der Waals surface area contributed by atoms with E-state index in [-0.39, 0.29) is 0 Å². The van der Waals surface area contributed by atoms with Gasteiger partial charge in [0.2, 0.25) is 0 Å². The zero-order valence-electron chi connectivity index (χ0n) is 9.73. The molecule has 1 heterocycles. The maximum absolute atomic E-state index is 5.52. The number of methoxy groups -OCH3 is 1. The van der Waals surface area contributed by atoms with Gasteiger partial charge in [0, 0.05) is 37.3 Å². The van der Waals surface area contributed by atoms with Crippen LogP contribution in [0.1, 0.15) is 6.42 Å². The van der Waals surface area contributed by atoms with Crippen LogP contribution in [0.3, 0.4) is 0 Å². The normalized spacial score (nSPS) is 10.2. The highest BCUT2D eigenvalue weighted by Crippen LogP contribution is 2.14. The average molecular weight is 318 g/mol. The Labute approximate surface area is 115 Å². The molecule has 0 bridgehead atoms. The second-order valence-corrected chi connectivity index (χ2v) is 4.97. The van der Waals surface area contributed by atoms with Gasteiger partial charge in [-0.15, -0.1) is 0 Å². The first-order chi connectivity index (χ1) is 8.13. The van der Waals surface area contributed by atoms with Gasteiger partial charge in [-0.2, -0.15) is 0 Å². The molecule has 1 aromatic rings. The fourth-order valence-electron chi connectivity index (χ4n) is 1.34. The van der Waals surface area contributed by atoms with Crippen LogP contribution in [0.15, 0.2) is 22.8 Å². The molecule has 0 saturated carbocycles. The lowest BCUT2D eigenvalue weighted by Crippen LogP contribution is -2.31. The van der Waals surface area contributed by atoms with Crippen molar-refractivity contribution in [2.45, 2.75) is 6.42 Å². The van der Waals surface area contributed by atoms with Gasteiger partial charge in [0.25, 0.3) is 0 Å². The second kappa shape index (κ2) is 7.58. The van der Waals surface area contributed by atoms with Gasteiger partial charge in [-0.1, -0.05) is 12.2 Å². The molecule has 0 aliphatic heterocycles. The molecule has 4 nitrogen and oxygen atoms in total. The minimum Gasteiger partial charge on any atom is -0.393 e. The van der Waals surface area contributed by atoms with Crippen LogP contribution in [0.5, 0.6) is 0 Å². The summed E-state index contributed by atoms with van der Waals surface area (Å²) in [5.41, 5.74) is 5.52.